The van der Waals surface area contributed by atoms with E-state index in [1.54, 1.807) is 0 Å². The number of carbonyl (C=O) groups excluding carboxylic acids is 2. The predicted octanol–water partition coefficient (Wildman–Crippen LogP) is 5.18. The minimum Gasteiger partial charge on any atom is -0.463 e. The van der Waals surface area contributed by atoms with Crippen molar-refractivity contribution >= 4 is 11.9 Å². The summed E-state index contributed by atoms with van der Waals surface area (Å²) in [5, 5.41) is 0. The zero-order valence-corrected chi connectivity index (χ0v) is 15.6. The van der Waals surface area contributed by atoms with E-state index in [1.165, 1.54) is 0 Å². The van der Waals surface area contributed by atoms with E-state index >= 15 is 0 Å². The highest BCUT2D eigenvalue weighted by molar-refractivity contribution is 5.69. The Morgan fingerprint density at radius 1 is 0.696 bits per heavy atom. The molecule has 2 atom stereocenters. The van der Waals surface area contributed by atoms with Crippen molar-refractivity contribution in [2.45, 2.75) is 111 Å². The lowest BCUT2D eigenvalue weighted by Crippen LogP contribution is -2.14. The van der Waals surface area contributed by atoms with Crippen LogP contribution in [0, 0.1) is 0 Å². The van der Waals surface area contributed by atoms with Crippen molar-refractivity contribution in [1.82, 2.24) is 0 Å². The summed E-state index contributed by atoms with van der Waals surface area (Å²) in [6.45, 7) is 8.07. The van der Waals surface area contributed by atoms with Gasteiger partial charge in [-0.05, 0) is 39.5 Å². The van der Waals surface area contributed by atoms with Gasteiger partial charge >= 0.3 is 11.9 Å². The zero-order chi connectivity index (χ0) is 17.5. The molecule has 0 bridgehead atoms. The van der Waals surface area contributed by atoms with Gasteiger partial charge in [-0.2, -0.15) is 0 Å². The van der Waals surface area contributed by atoms with Gasteiger partial charge in [0.25, 0.3) is 0 Å². The first-order chi connectivity index (χ1) is 11.0. The van der Waals surface area contributed by atoms with Crippen molar-refractivity contribution in [2.24, 2.45) is 0 Å². The number of carbonyl (C=O) groups is 2. The van der Waals surface area contributed by atoms with E-state index in [2.05, 4.69) is 13.8 Å². The summed E-state index contributed by atoms with van der Waals surface area (Å²) in [7, 11) is 0. The van der Waals surface area contributed by atoms with Crippen LogP contribution in [0.1, 0.15) is 98.3 Å². The first kappa shape index (κ1) is 21.9. The molecule has 136 valence electrons. The smallest absolute Gasteiger partial charge is 0.306 e. The Morgan fingerprint density at radius 2 is 1.04 bits per heavy atom. The lowest BCUT2D eigenvalue weighted by atomic mass is 10.1. The Balaban J connectivity index is 3.45. The van der Waals surface area contributed by atoms with Crippen LogP contribution in [-0.4, -0.2) is 24.1 Å². The molecule has 23 heavy (non-hydrogen) atoms. The monoisotopic (exact) mass is 328 g/mol. The summed E-state index contributed by atoms with van der Waals surface area (Å²) in [6.07, 6.45) is 9.83. The van der Waals surface area contributed by atoms with Crippen molar-refractivity contribution in [2.75, 3.05) is 0 Å². The fourth-order valence-corrected chi connectivity index (χ4v) is 2.57. The van der Waals surface area contributed by atoms with Crippen molar-refractivity contribution in [3.05, 3.63) is 0 Å². The highest BCUT2D eigenvalue weighted by atomic mass is 16.5. The minimum atomic E-state index is -0.0839. The van der Waals surface area contributed by atoms with Crippen molar-refractivity contribution in [1.29, 1.82) is 0 Å². The van der Waals surface area contributed by atoms with Crippen LogP contribution in [-0.2, 0) is 19.1 Å². The van der Waals surface area contributed by atoms with E-state index < -0.39 is 0 Å². The molecule has 0 saturated heterocycles. The molecule has 0 aromatic rings. The maximum atomic E-state index is 11.6. The number of ether oxygens (including phenoxy) is 2. The molecular formula is C19H36O4. The summed E-state index contributed by atoms with van der Waals surface area (Å²) >= 11 is 0. The second kappa shape index (κ2) is 14.5. The number of unbranched alkanes of at least 4 members (excludes halogenated alkanes) is 4. The Morgan fingerprint density at radius 3 is 1.39 bits per heavy atom. The molecule has 0 N–H and O–H groups in total. The molecule has 4 nitrogen and oxygen atoms in total. The van der Waals surface area contributed by atoms with E-state index in [0.29, 0.717) is 12.8 Å². The van der Waals surface area contributed by atoms with Gasteiger partial charge in [0.1, 0.15) is 0 Å². The van der Waals surface area contributed by atoms with Gasteiger partial charge in [0.15, 0.2) is 0 Å². The standard InChI is InChI=1S/C19H36O4/c1-5-12-16(3)22-18(20)14-10-8-7-9-11-15-19(21)23-17(4)13-6-2/h16-17H,5-15H2,1-4H3. The molecule has 0 fully saturated rings. The molecule has 0 aromatic heterocycles. The van der Waals surface area contributed by atoms with Gasteiger partial charge in [0.05, 0.1) is 12.2 Å². The molecule has 0 aromatic carbocycles. The van der Waals surface area contributed by atoms with Crippen molar-refractivity contribution in [3.63, 3.8) is 0 Å². The highest BCUT2D eigenvalue weighted by Gasteiger charge is 2.09. The Kier molecular flexibility index (Phi) is 13.9. The zero-order valence-electron chi connectivity index (χ0n) is 15.6. The van der Waals surface area contributed by atoms with Crippen LogP contribution in [0.5, 0.6) is 0 Å². The molecule has 0 aliphatic heterocycles. The van der Waals surface area contributed by atoms with Gasteiger partial charge in [0, 0.05) is 12.8 Å². The maximum Gasteiger partial charge on any atom is 0.306 e. The van der Waals surface area contributed by atoms with E-state index in [0.717, 1.165) is 57.8 Å². The number of hydrogen-bond donors (Lipinski definition) is 0. The summed E-state index contributed by atoms with van der Waals surface area (Å²) < 4.78 is 10.6. The van der Waals surface area contributed by atoms with Crippen LogP contribution >= 0.6 is 0 Å². The van der Waals surface area contributed by atoms with Crippen LogP contribution in [0.4, 0.5) is 0 Å². The van der Waals surface area contributed by atoms with Crippen LogP contribution < -0.4 is 0 Å². The molecule has 0 spiro atoms. The topological polar surface area (TPSA) is 52.6 Å². The van der Waals surface area contributed by atoms with Gasteiger partial charge < -0.3 is 9.47 Å². The van der Waals surface area contributed by atoms with Crippen LogP contribution in [0.25, 0.3) is 0 Å². The van der Waals surface area contributed by atoms with Crippen molar-refractivity contribution < 1.29 is 19.1 Å². The molecule has 0 rings (SSSR count). The molecule has 2 unspecified atom stereocenters. The van der Waals surface area contributed by atoms with E-state index in [1.807, 2.05) is 13.8 Å². The number of esters is 2. The average Bonchev–Trinajstić information content (AvgIpc) is 2.46. The van der Waals surface area contributed by atoms with Gasteiger partial charge in [0.2, 0.25) is 0 Å². The first-order valence-corrected chi connectivity index (χ1v) is 9.38. The molecule has 0 saturated carbocycles. The van der Waals surface area contributed by atoms with E-state index in [-0.39, 0.29) is 24.1 Å². The summed E-state index contributed by atoms with van der Waals surface area (Å²) in [5.74, 6) is -0.168. The Labute approximate surface area is 142 Å². The second-order valence-electron chi connectivity index (χ2n) is 6.45. The largest absolute Gasteiger partial charge is 0.463 e. The molecule has 0 heterocycles. The Hall–Kier alpha value is -1.06. The molecule has 4 heteroatoms. The van der Waals surface area contributed by atoms with Gasteiger partial charge in [-0.1, -0.05) is 46.0 Å². The highest BCUT2D eigenvalue weighted by Crippen LogP contribution is 2.11. The number of rotatable bonds is 14. The van der Waals surface area contributed by atoms with Gasteiger partial charge in [-0.25, -0.2) is 0 Å². The maximum absolute atomic E-state index is 11.6. The number of hydrogen-bond acceptors (Lipinski definition) is 4. The molecule has 0 aliphatic rings. The SMILES string of the molecule is CCCC(C)OC(=O)CCCCCCCC(=O)OC(C)CCC. The van der Waals surface area contributed by atoms with Crippen LogP contribution in [0.15, 0.2) is 0 Å². The fraction of sp³-hybridized carbons (Fsp3) is 0.895. The summed E-state index contributed by atoms with van der Waals surface area (Å²) in [4.78, 5) is 23.2. The second-order valence-corrected chi connectivity index (χ2v) is 6.45. The minimum absolute atomic E-state index is 0.0358. The third-order valence-electron chi connectivity index (χ3n) is 3.82. The fourth-order valence-electron chi connectivity index (χ4n) is 2.57. The van der Waals surface area contributed by atoms with Gasteiger partial charge in [-0.3, -0.25) is 9.59 Å². The molecule has 0 radical (unpaired) electrons. The molecule has 0 aliphatic carbocycles. The van der Waals surface area contributed by atoms with Gasteiger partial charge in [-0.15, -0.1) is 0 Å². The van der Waals surface area contributed by atoms with Crippen LogP contribution in [0.3, 0.4) is 0 Å². The van der Waals surface area contributed by atoms with Crippen LogP contribution in [0.2, 0.25) is 0 Å². The third kappa shape index (κ3) is 14.3. The predicted molar refractivity (Wildman–Crippen MR) is 93.2 cm³/mol. The lowest BCUT2D eigenvalue weighted by Gasteiger charge is -2.12. The third-order valence-corrected chi connectivity index (χ3v) is 3.82. The lowest BCUT2D eigenvalue weighted by molar-refractivity contribution is -0.149. The quantitative estimate of drug-likeness (QED) is 0.325. The summed E-state index contributed by atoms with van der Waals surface area (Å²) in [6, 6.07) is 0. The normalized spacial score (nSPS) is 13.4. The first-order valence-electron chi connectivity index (χ1n) is 9.38. The summed E-state index contributed by atoms with van der Waals surface area (Å²) in [5.41, 5.74) is 0. The van der Waals surface area contributed by atoms with E-state index in [9.17, 15) is 9.59 Å². The van der Waals surface area contributed by atoms with Crippen molar-refractivity contribution in [3.8, 4) is 0 Å². The van der Waals surface area contributed by atoms with E-state index in [4.69, 9.17) is 9.47 Å². The Bertz CT molecular complexity index is 284. The molecular weight excluding hydrogens is 292 g/mol. The average molecular weight is 328 g/mol. The molecule has 0 amide bonds.